The van der Waals surface area contributed by atoms with E-state index in [4.69, 9.17) is 0 Å². The monoisotopic (exact) mass is 240 g/mol. The number of benzene rings is 1. The standard InChI is InChI=1S/C15H16N2O/c1-15(6-7-16-10-15)14(18)13-9-17-8-11-4-2-3-5-12(11)13/h2-5,8-9,16H,6-7,10H2,1H3. The van der Waals surface area contributed by atoms with E-state index < -0.39 is 0 Å². The van der Waals surface area contributed by atoms with Gasteiger partial charge in [0.25, 0.3) is 0 Å². The molecule has 0 saturated carbocycles. The van der Waals surface area contributed by atoms with Crippen LogP contribution in [0.2, 0.25) is 0 Å². The fraction of sp³-hybridized carbons (Fsp3) is 0.333. The van der Waals surface area contributed by atoms with E-state index >= 15 is 0 Å². The zero-order valence-electron chi connectivity index (χ0n) is 10.4. The quantitative estimate of drug-likeness (QED) is 0.820. The number of rotatable bonds is 2. The third-order valence-corrected chi connectivity index (χ3v) is 3.83. The maximum atomic E-state index is 12.7. The third-order valence-electron chi connectivity index (χ3n) is 3.83. The van der Waals surface area contributed by atoms with Crippen LogP contribution in [-0.2, 0) is 0 Å². The highest BCUT2D eigenvalue weighted by Crippen LogP contribution is 2.31. The number of fused-ring (bicyclic) bond motifs is 1. The van der Waals surface area contributed by atoms with Crippen LogP contribution in [0.3, 0.4) is 0 Å². The molecule has 0 bridgehead atoms. The Kier molecular flexibility index (Phi) is 2.63. The maximum absolute atomic E-state index is 12.7. The fourth-order valence-electron chi connectivity index (χ4n) is 2.63. The number of hydrogen-bond acceptors (Lipinski definition) is 3. The molecule has 3 nitrogen and oxygen atoms in total. The number of nitrogens with zero attached hydrogens (tertiary/aromatic N) is 1. The summed E-state index contributed by atoms with van der Waals surface area (Å²) >= 11 is 0. The molecule has 1 aliphatic rings. The Morgan fingerprint density at radius 1 is 1.33 bits per heavy atom. The van der Waals surface area contributed by atoms with E-state index in [1.165, 1.54) is 0 Å². The lowest BCUT2D eigenvalue weighted by Crippen LogP contribution is -2.30. The molecule has 3 rings (SSSR count). The van der Waals surface area contributed by atoms with Crippen LogP contribution >= 0.6 is 0 Å². The van der Waals surface area contributed by atoms with Crippen molar-refractivity contribution in [1.29, 1.82) is 0 Å². The van der Waals surface area contributed by atoms with Crippen LogP contribution in [0.4, 0.5) is 0 Å². The number of nitrogens with one attached hydrogen (secondary N) is 1. The van der Waals surface area contributed by atoms with Crippen LogP contribution in [-0.4, -0.2) is 23.9 Å². The molecule has 3 heteroatoms. The van der Waals surface area contributed by atoms with Gasteiger partial charge in [-0.05, 0) is 18.4 Å². The lowest BCUT2D eigenvalue weighted by atomic mass is 9.81. The van der Waals surface area contributed by atoms with E-state index in [0.29, 0.717) is 0 Å². The molecule has 2 heterocycles. The van der Waals surface area contributed by atoms with Crippen molar-refractivity contribution in [1.82, 2.24) is 10.3 Å². The summed E-state index contributed by atoms with van der Waals surface area (Å²) in [5.74, 6) is 0.205. The molecule has 1 fully saturated rings. The van der Waals surface area contributed by atoms with Gasteiger partial charge in [0, 0.05) is 35.3 Å². The molecule has 2 aromatic rings. The van der Waals surface area contributed by atoms with Gasteiger partial charge in [-0.2, -0.15) is 0 Å². The number of Topliss-reactive ketones (excluding diaryl/α,β-unsaturated/α-hetero) is 1. The van der Waals surface area contributed by atoms with Crippen molar-refractivity contribution < 1.29 is 4.79 Å². The van der Waals surface area contributed by atoms with Crippen molar-refractivity contribution in [3.8, 4) is 0 Å². The van der Waals surface area contributed by atoms with Crippen molar-refractivity contribution in [2.75, 3.05) is 13.1 Å². The Balaban J connectivity index is 2.12. The molecule has 1 aromatic heterocycles. The van der Waals surface area contributed by atoms with E-state index in [2.05, 4.69) is 10.3 Å². The number of hydrogen-bond donors (Lipinski definition) is 1. The summed E-state index contributed by atoms with van der Waals surface area (Å²) in [4.78, 5) is 16.9. The smallest absolute Gasteiger partial charge is 0.172 e. The van der Waals surface area contributed by atoms with Gasteiger partial charge in [-0.25, -0.2) is 0 Å². The second kappa shape index (κ2) is 4.18. The maximum Gasteiger partial charge on any atom is 0.172 e. The molecule has 1 aliphatic heterocycles. The number of carbonyl (C=O) groups is 1. The highest BCUT2D eigenvalue weighted by molar-refractivity contribution is 6.10. The Labute approximate surface area is 106 Å². The van der Waals surface area contributed by atoms with Gasteiger partial charge in [-0.3, -0.25) is 9.78 Å². The SMILES string of the molecule is CC1(C(=O)c2cncc3ccccc23)CCNC1. The summed E-state index contributed by atoms with van der Waals surface area (Å²) in [6, 6.07) is 7.93. The number of pyridine rings is 1. The number of aromatic nitrogens is 1. The Hall–Kier alpha value is -1.74. The lowest BCUT2D eigenvalue weighted by molar-refractivity contribution is 0.0841. The summed E-state index contributed by atoms with van der Waals surface area (Å²) in [5, 5.41) is 5.30. The van der Waals surface area contributed by atoms with E-state index in [1.807, 2.05) is 31.2 Å². The van der Waals surface area contributed by atoms with Gasteiger partial charge in [0.2, 0.25) is 0 Å². The number of ketones is 1. The largest absolute Gasteiger partial charge is 0.316 e. The van der Waals surface area contributed by atoms with Crippen LogP contribution in [0.1, 0.15) is 23.7 Å². The molecule has 1 atom stereocenters. The van der Waals surface area contributed by atoms with Crippen molar-refractivity contribution in [3.63, 3.8) is 0 Å². The van der Waals surface area contributed by atoms with E-state index in [9.17, 15) is 4.79 Å². The predicted molar refractivity (Wildman–Crippen MR) is 71.7 cm³/mol. The molecule has 0 aliphatic carbocycles. The average molecular weight is 240 g/mol. The van der Waals surface area contributed by atoms with Gasteiger partial charge in [-0.1, -0.05) is 31.2 Å². The topological polar surface area (TPSA) is 42.0 Å². The molecule has 1 unspecified atom stereocenters. The van der Waals surface area contributed by atoms with Gasteiger partial charge >= 0.3 is 0 Å². The van der Waals surface area contributed by atoms with Gasteiger partial charge in [0.1, 0.15) is 0 Å². The van der Waals surface area contributed by atoms with Crippen molar-refractivity contribution in [2.45, 2.75) is 13.3 Å². The minimum atomic E-state index is -0.286. The van der Waals surface area contributed by atoms with E-state index in [1.54, 1.807) is 12.4 Å². The van der Waals surface area contributed by atoms with Crippen LogP contribution in [0.5, 0.6) is 0 Å². The minimum Gasteiger partial charge on any atom is -0.316 e. The predicted octanol–water partition coefficient (Wildman–Crippen LogP) is 2.42. The molecule has 0 radical (unpaired) electrons. The van der Waals surface area contributed by atoms with Crippen molar-refractivity contribution in [3.05, 3.63) is 42.2 Å². The molecule has 1 N–H and O–H groups in total. The first-order valence-corrected chi connectivity index (χ1v) is 6.29. The summed E-state index contributed by atoms with van der Waals surface area (Å²) < 4.78 is 0. The van der Waals surface area contributed by atoms with Gasteiger partial charge in [0.05, 0.1) is 0 Å². The highest BCUT2D eigenvalue weighted by Gasteiger charge is 2.37. The second-order valence-corrected chi connectivity index (χ2v) is 5.22. The molecule has 0 spiro atoms. The summed E-state index contributed by atoms with van der Waals surface area (Å²) in [5.41, 5.74) is 0.463. The zero-order valence-corrected chi connectivity index (χ0v) is 10.4. The van der Waals surface area contributed by atoms with Crippen LogP contribution in [0, 0.1) is 5.41 Å². The van der Waals surface area contributed by atoms with Gasteiger partial charge in [-0.15, -0.1) is 0 Å². The Bertz CT molecular complexity index is 595. The first kappa shape index (κ1) is 11.4. The van der Waals surface area contributed by atoms with Crippen LogP contribution in [0.25, 0.3) is 10.8 Å². The zero-order chi connectivity index (χ0) is 12.6. The molecule has 1 aromatic carbocycles. The van der Waals surface area contributed by atoms with E-state index in [0.717, 1.165) is 35.8 Å². The fourth-order valence-corrected chi connectivity index (χ4v) is 2.63. The minimum absolute atomic E-state index is 0.205. The third kappa shape index (κ3) is 1.71. The van der Waals surface area contributed by atoms with Gasteiger partial charge in [0.15, 0.2) is 5.78 Å². The summed E-state index contributed by atoms with van der Waals surface area (Å²) in [7, 11) is 0. The molecule has 18 heavy (non-hydrogen) atoms. The van der Waals surface area contributed by atoms with Crippen molar-refractivity contribution >= 4 is 16.6 Å². The Morgan fingerprint density at radius 2 is 2.17 bits per heavy atom. The molecule has 1 saturated heterocycles. The molecular formula is C15H16N2O. The highest BCUT2D eigenvalue weighted by atomic mass is 16.1. The second-order valence-electron chi connectivity index (χ2n) is 5.22. The molecule has 0 amide bonds. The van der Waals surface area contributed by atoms with Crippen LogP contribution in [0.15, 0.2) is 36.7 Å². The first-order valence-electron chi connectivity index (χ1n) is 6.29. The summed E-state index contributed by atoms with van der Waals surface area (Å²) in [6.07, 6.45) is 4.41. The average Bonchev–Trinajstić information content (AvgIpc) is 2.85. The Morgan fingerprint density at radius 3 is 2.94 bits per heavy atom. The normalized spacial score (nSPS) is 23.4. The number of carbonyl (C=O) groups excluding carboxylic acids is 1. The van der Waals surface area contributed by atoms with Crippen molar-refractivity contribution in [2.24, 2.45) is 5.41 Å². The molecule has 92 valence electrons. The van der Waals surface area contributed by atoms with E-state index in [-0.39, 0.29) is 11.2 Å². The summed E-state index contributed by atoms with van der Waals surface area (Å²) in [6.45, 7) is 3.71. The van der Waals surface area contributed by atoms with Crippen LogP contribution < -0.4 is 5.32 Å². The molecular weight excluding hydrogens is 224 g/mol. The lowest BCUT2D eigenvalue weighted by Gasteiger charge is -2.21. The van der Waals surface area contributed by atoms with Gasteiger partial charge < -0.3 is 5.32 Å². The first-order chi connectivity index (χ1) is 8.71.